The molecule has 1 aromatic carbocycles. The van der Waals surface area contributed by atoms with Crippen LogP contribution >= 0.6 is 12.6 Å². The highest BCUT2D eigenvalue weighted by atomic mass is 32.1. The summed E-state index contributed by atoms with van der Waals surface area (Å²) in [5, 5.41) is 12.1. The fourth-order valence-electron chi connectivity index (χ4n) is 1.88. The number of benzene rings is 1. The molecule has 122 valence electrons. The minimum Gasteiger partial charge on any atom is -0.355 e. The molecule has 0 fully saturated rings. The maximum atomic E-state index is 12.9. The highest BCUT2D eigenvalue weighted by Crippen LogP contribution is 2.17. The van der Waals surface area contributed by atoms with E-state index >= 15 is 0 Å². The lowest BCUT2D eigenvalue weighted by Crippen LogP contribution is -2.30. The van der Waals surface area contributed by atoms with Gasteiger partial charge in [0.25, 0.3) is 5.91 Å². The molecule has 8 heteroatoms. The van der Waals surface area contributed by atoms with Crippen molar-refractivity contribution >= 4 is 24.4 Å². The van der Waals surface area contributed by atoms with Crippen LogP contribution in [-0.4, -0.2) is 40.9 Å². The highest BCUT2D eigenvalue weighted by Gasteiger charge is 2.10. The van der Waals surface area contributed by atoms with E-state index in [0.717, 1.165) is 5.56 Å². The third-order valence-electron chi connectivity index (χ3n) is 3.07. The molecule has 0 aliphatic carbocycles. The van der Waals surface area contributed by atoms with E-state index < -0.39 is 0 Å². The number of carbonyl (C=O) groups excluding carboxylic acids is 2. The van der Waals surface area contributed by atoms with Crippen molar-refractivity contribution in [3.05, 3.63) is 41.8 Å². The van der Waals surface area contributed by atoms with Crippen LogP contribution in [0.1, 0.15) is 16.9 Å². The molecule has 2 amide bonds. The van der Waals surface area contributed by atoms with Gasteiger partial charge in [-0.05, 0) is 36.8 Å². The average molecular weight is 336 g/mol. The van der Waals surface area contributed by atoms with Gasteiger partial charge in [-0.2, -0.15) is 17.7 Å². The molecule has 2 rings (SSSR count). The number of H-pyrrole nitrogens is 1. The van der Waals surface area contributed by atoms with Gasteiger partial charge in [-0.3, -0.25) is 14.7 Å². The Morgan fingerprint density at radius 2 is 1.87 bits per heavy atom. The Morgan fingerprint density at radius 3 is 2.57 bits per heavy atom. The quantitative estimate of drug-likeness (QED) is 0.455. The third-order valence-corrected chi connectivity index (χ3v) is 3.35. The minimum atomic E-state index is -0.327. The van der Waals surface area contributed by atoms with Crippen LogP contribution in [-0.2, 0) is 4.79 Å². The van der Waals surface area contributed by atoms with Crippen LogP contribution in [0.25, 0.3) is 11.3 Å². The Hall–Kier alpha value is -2.35. The van der Waals surface area contributed by atoms with Crippen molar-refractivity contribution in [2.24, 2.45) is 0 Å². The molecule has 6 nitrogen and oxygen atoms in total. The number of aromatic amines is 1. The van der Waals surface area contributed by atoms with Gasteiger partial charge < -0.3 is 10.6 Å². The summed E-state index contributed by atoms with van der Waals surface area (Å²) >= 11 is 3.85. The van der Waals surface area contributed by atoms with Crippen molar-refractivity contribution in [1.29, 1.82) is 0 Å². The zero-order chi connectivity index (χ0) is 16.7. The number of amides is 2. The topological polar surface area (TPSA) is 86.9 Å². The predicted octanol–water partition coefficient (Wildman–Crippen LogP) is 1.38. The molecule has 0 radical (unpaired) electrons. The van der Waals surface area contributed by atoms with Crippen molar-refractivity contribution in [3.8, 4) is 11.3 Å². The van der Waals surface area contributed by atoms with Gasteiger partial charge in [0.15, 0.2) is 0 Å². The molecule has 0 spiro atoms. The fraction of sp³-hybridized carbons (Fsp3) is 0.267. The molecule has 0 aliphatic heterocycles. The minimum absolute atomic E-state index is 0.142. The van der Waals surface area contributed by atoms with E-state index in [0.29, 0.717) is 30.9 Å². The van der Waals surface area contributed by atoms with Gasteiger partial charge in [0.2, 0.25) is 5.91 Å². The molecule has 2 aromatic rings. The largest absolute Gasteiger partial charge is 0.355 e. The summed E-state index contributed by atoms with van der Waals surface area (Å²) in [6.45, 7) is 0.903. The summed E-state index contributed by atoms with van der Waals surface area (Å²) in [4.78, 5) is 22.9. The van der Waals surface area contributed by atoms with Crippen LogP contribution in [0.3, 0.4) is 0 Å². The van der Waals surface area contributed by atoms with E-state index in [9.17, 15) is 14.0 Å². The van der Waals surface area contributed by atoms with Crippen molar-refractivity contribution < 1.29 is 14.0 Å². The molecular formula is C15H17FN4O2S. The van der Waals surface area contributed by atoms with E-state index in [1.165, 1.54) is 12.1 Å². The van der Waals surface area contributed by atoms with Gasteiger partial charge in [-0.1, -0.05) is 0 Å². The second kappa shape index (κ2) is 8.33. The van der Waals surface area contributed by atoms with Crippen LogP contribution in [0.15, 0.2) is 30.3 Å². The average Bonchev–Trinajstić information content (AvgIpc) is 3.04. The Balaban J connectivity index is 1.82. The van der Waals surface area contributed by atoms with E-state index in [1.54, 1.807) is 18.2 Å². The summed E-state index contributed by atoms with van der Waals surface area (Å²) < 4.78 is 12.9. The van der Waals surface area contributed by atoms with Crippen molar-refractivity contribution in [2.45, 2.75) is 6.42 Å². The second-order valence-electron chi connectivity index (χ2n) is 4.79. The van der Waals surface area contributed by atoms with Crippen LogP contribution < -0.4 is 10.6 Å². The standard InChI is InChI=1S/C15H17FN4O2S/c16-11-4-2-10(3-5-11)12-8-13(20-19-12)15(22)18-7-1-6-17-14(21)9-23/h2-5,8,23H,1,6-7,9H2,(H,17,21)(H,18,22)(H,19,20). The molecule has 23 heavy (non-hydrogen) atoms. The van der Waals surface area contributed by atoms with Crippen LogP contribution in [0.2, 0.25) is 0 Å². The number of aromatic nitrogens is 2. The van der Waals surface area contributed by atoms with E-state index in [2.05, 4.69) is 33.5 Å². The smallest absolute Gasteiger partial charge is 0.269 e. The fourth-order valence-corrected chi connectivity index (χ4v) is 1.99. The van der Waals surface area contributed by atoms with Crippen molar-refractivity contribution in [1.82, 2.24) is 20.8 Å². The summed E-state index contributed by atoms with van der Waals surface area (Å²) in [6.07, 6.45) is 0.615. The number of nitrogens with zero attached hydrogens (tertiary/aromatic N) is 1. The molecule has 1 aromatic heterocycles. The predicted molar refractivity (Wildman–Crippen MR) is 87.8 cm³/mol. The SMILES string of the molecule is O=C(CS)NCCCNC(=O)c1cc(-c2ccc(F)cc2)n[nH]1. The molecule has 3 N–H and O–H groups in total. The molecule has 1 heterocycles. The van der Waals surface area contributed by atoms with Gasteiger partial charge in [-0.15, -0.1) is 0 Å². The Kier molecular flexibility index (Phi) is 6.16. The lowest BCUT2D eigenvalue weighted by atomic mass is 10.1. The first-order valence-corrected chi connectivity index (χ1v) is 7.70. The number of nitrogens with one attached hydrogen (secondary N) is 3. The Morgan fingerprint density at radius 1 is 1.17 bits per heavy atom. The Labute approximate surface area is 138 Å². The third kappa shape index (κ3) is 5.10. The molecule has 0 aliphatic rings. The van der Waals surface area contributed by atoms with Gasteiger partial charge in [-0.25, -0.2) is 4.39 Å². The lowest BCUT2D eigenvalue weighted by molar-refractivity contribution is -0.118. The molecule has 0 saturated carbocycles. The first-order chi connectivity index (χ1) is 11.1. The monoisotopic (exact) mass is 336 g/mol. The van der Waals surface area contributed by atoms with Crippen molar-refractivity contribution in [3.63, 3.8) is 0 Å². The number of hydrogen-bond donors (Lipinski definition) is 4. The molecular weight excluding hydrogens is 319 g/mol. The van der Waals surface area contributed by atoms with E-state index in [-0.39, 0.29) is 23.4 Å². The number of thiol groups is 1. The summed E-state index contributed by atoms with van der Waals surface area (Å²) in [7, 11) is 0. The van der Waals surface area contributed by atoms with Crippen LogP contribution in [0.5, 0.6) is 0 Å². The van der Waals surface area contributed by atoms with Gasteiger partial charge in [0, 0.05) is 18.7 Å². The molecule has 0 unspecified atom stereocenters. The summed E-state index contributed by atoms with van der Waals surface area (Å²) in [5.41, 5.74) is 1.61. The second-order valence-corrected chi connectivity index (χ2v) is 5.11. The normalized spacial score (nSPS) is 10.3. The number of hydrogen-bond acceptors (Lipinski definition) is 4. The highest BCUT2D eigenvalue weighted by molar-refractivity contribution is 7.81. The number of halogens is 1. The van der Waals surface area contributed by atoms with Gasteiger partial charge in [0.05, 0.1) is 11.4 Å². The molecule has 0 atom stereocenters. The maximum absolute atomic E-state index is 12.9. The molecule has 0 bridgehead atoms. The molecule has 0 saturated heterocycles. The van der Waals surface area contributed by atoms with Gasteiger partial charge >= 0.3 is 0 Å². The first-order valence-electron chi connectivity index (χ1n) is 7.07. The van der Waals surface area contributed by atoms with Crippen LogP contribution in [0.4, 0.5) is 4.39 Å². The summed E-state index contributed by atoms with van der Waals surface area (Å²) in [5.74, 6) is -0.608. The lowest BCUT2D eigenvalue weighted by Gasteiger charge is -2.04. The van der Waals surface area contributed by atoms with E-state index in [4.69, 9.17) is 0 Å². The Bertz CT molecular complexity index is 672. The van der Waals surface area contributed by atoms with Gasteiger partial charge in [0.1, 0.15) is 11.5 Å². The first kappa shape index (κ1) is 17.0. The van der Waals surface area contributed by atoms with Crippen molar-refractivity contribution in [2.75, 3.05) is 18.8 Å². The number of carbonyl (C=O) groups is 2. The zero-order valence-electron chi connectivity index (χ0n) is 12.3. The maximum Gasteiger partial charge on any atom is 0.269 e. The van der Waals surface area contributed by atoms with E-state index in [1.807, 2.05) is 0 Å². The summed E-state index contributed by atoms with van der Waals surface area (Å²) in [6, 6.07) is 7.46. The van der Waals surface area contributed by atoms with Crippen LogP contribution in [0, 0.1) is 5.82 Å². The number of rotatable bonds is 7. The zero-order valence-corrected chi connectivity index (χ0v) is 13.2.